The Bertz CT molecular complexity index is 279. The normalized spacial score (nSPS) is 21.6. The zero-order valence-corrected chi connectivity index (χ0v) is 9.56. The van der Waals surface area contributed by atoms with E-state index in [1.165, 1.54) is 5.56 Å². The highest BCUT2D eigenvalue weighted by Gasteiger charge is 2.33. The minimum Gasteiger partial charge on any atom is -0.380 e. The number of rotatable bonds is 4. The van der Waals surface area contributed by atoms with E-state index in [2.05, 4.69) is 36.0 Å². The maximum absolute atomic E-state index is 5.22. The molecule has 0 radical (unpaired) electrons. The first-order valence-electron chi connectivity index (χ1n) is 5.03. The van der Waals surface area contributed by atoms with Crippen LogP contribution in [0.1, 0.15) is 25.5 Å². The molecule has 1 aromatic heterocycles. The molecule has 2 heterocycles. The van der Waals surface area contributed by atoms with Crippen LogP contribution in [-0.2, 0) is 4.74 Å². The van der Waals surface area contributed by atoms with Crippen molar-refractivity contribution in [1.29, 1.82) is 0 Å². The van der Waals surface area contributed by atoms with Gasteiger partial charge in [-0.2, -0.15) is 11.3 Å². The van der Waals surface area contributed by atoms with E-state index in [9.17, 15) is 0 Å². The first-order valence-corrected chi connectivity index (χ1v) is 5.97. The molecule has 0 bridgehead atoms. The van der Waals surface area contributed by atoms with Gasteiger partial charge in [0.25, 0.3) is 0 Å². The average Bonchev–Trinajstić information content (AvgIpc) is 2.63. The van der Waals surface area contributed by atoms with Crippen LogP contribution in [0, 0.1) is 5.41 Å². The van der Waals surface area contributed by atoms with Crippen molar-refractivity contribution >= 4 is 11.3 Å². The second-order valence-electron chi connectivity index (χ2n) is 4.46. The SMILES string of the molecule is CC(NCC1(C)COC1)c1ccsc1. The summed E-state index contributed by atoms with van der Waals surface area (Å²) in [6.07, 6.45) is 0. The van der Waals surface area contributed by atoms with Gasteiger partial charge >= 0.3 is 0 Å². The Balaban J connectivity index is 1.80. The molecule has 0 aromatic carbocycles. The summed E-state index contributed by atoms with van der Waals surface area (Å²) in [6.45, 7) is 7.32. The lowest BCUT2D eigenvalue weighted by atomic mass is 9.88. The van der Waals surface area contributed by atoms with Gasteiger partial charge in [-0.3, -0.25) is 0 Å². The van der Waals surface area contributed by atoms with E-state index in [1.807, 2.05) is 0 Å². The lowest BCUT2D eigenvalue weighted by molar-refractivity contribution is -0.0999. The molecule has 0 spiro atoms. The third-order valence-electron chi connectivity index (χ3n) is 2.78. The Hall–Kier alpha value is -0.380. The van der Waals surface area contributed by atoms with Crippen molar-refractivity contribution in [3.8, 4) is 0 Å². The van der Waals surface area contributed by atoms with Crippen molar-refractivity contribution in [3.63, 3.8) is 0 Å². The Morgan fingerprint density at radius 3 is 2.93 bits per heavy atom. The highest BCUT2D eigenvalue weighted by Crippen LogP contribution is 2.26. The van der Waals surface area contributed by atoms with Crippen molar-refractivity contribution in [2.75, 3.05) is 19.8 Å². The second-order valence-corrected chi connectivity index (χ2v) is 5.24. The summed E-state index contributed by atoms with van der Waals surface area (Å²) in [6, 6.07) is 2.64. The van der Waals surface area contributed by atoms with Crippen LogP contribution in [0.3, 0.4) is 0 Å². The Morgan fingerprint density at radius 1 is 1.64 bits per heavy atom. The number of nitrogens with one attached hydrogen (secondary N) is 1. The summed E-state index contributed by atoms with van der Waals surface area (Å²) in [7, 11) is 0. The molecule has 3 heteroatoms. The van der Waals surface area contributed by atoms with Crippen molar-refractivity contribution in [2.45, 2.75) is 19.9 Å². The minimum absolute atomic E-state index is 0.365. The van der Waals surface area contributed by atoms with Gasteiger partial charge in [0.05, 0.1) is 13.2 Å². The molecule has 0 amide bonds. The van der Waals surface area contributed by atoms with E-state index in [1.54, 1.807) is 11.3 Å². The molecule has 2 nitrogen and oxygen atoms in total. The van der Waals surface area contributed by atoms with E-state index in [0.29, 0.717) is 11.5 Å². The van der Waals surface area contributed by atoms with Crippen LogP contribution < -0.4 is 5.32 Å². The molecule has 0 aliphatic carbocycles. The van der Waals surface area contributed by atoms with Gasteiger partial charge in [-0.05, 0) is 29.3 Å². The van der Waals surface area contributed by atoms with E-state index < -0.39 is 0 Å². The van der Waals surface area contributed by atoms with E-state index >= 15 is 0 Å². The molecule has 1 atom stereocenters. The van der Waals surface area contributed by atoms with Gasteiger partial charge in [0, 0.05) is 18.0 Å². The summed E-state index contributed by atoms with van der Waals surface area (Å²) >= 11 is 1.76. The number of hydrogen-bond acceptors (Lipinski definition) is 3. The van der Waals surface area contributed by atoms with Gasteiger partial charge in [-0.25, -0.2) is 0 Å². The van der Waals surface area contributed by atoms with Crippen LogP contribution >= 0.6 is 11.3 Å². The van der Waals surface area contributed by atoms with Crippen molar-refractivity contribution < 1.29 is 4.74 Å². The molecule has 1 unspecified atom stereocenters. The number of ether oxygens (including phenoxy) is 1. The van der Waals surface area contributed by atoms with Crippen LogP contribution in [0.15, 0.2) is 16.8 Å². The van der Waals surface area contributed by atoms with Crippen LogP contribution in [0.25, 0.3) is 0 Å². The summed E-state index contributed by atoms with van der Waals surface area (Å²) in [5, 5.41) is 7.89. The maximum Gasteiger partial charge on any atom is 0.0554 e. The zero-order valence-electron chi connectivity index (χ0n) is 8.75. The molecular formula is C11H17NOS. The number of thiophene rings is 1. The van der Waals surface area contributed by atoms with Crippen LogP contribution in [0.2, 0.25) is 0 Å². The fraction of sp³-hybridized carbons (Fsp3) is 0.636. The first-order chi connectivity index (χ1) is 6.70. The lowest BCUT2D eigenvalue weighted by Gasteiger charge is -2.39. The van der Waals surface area contributed by atoms with Crippen LogP contribution in [-0.4, -0.2) is 19.8 Å². The summed E-state index contributed by atoms with van der Waals surface area (Å²) in [5.41, 5.74) is 1.75. The third-order valence-corrected chi connectivity index (χ3v) is 3.48. The smallest absolute Gasteiger partial charge is 0.0554 e. The molecule has 78 valence electrons. The van der Waals surface area contributed by atoms with Gasteiger partial charge in [-0.1, -0.05) is 6.92 Å². The Morgan fingerprint density at radius 2 is 2.43 bits per heavy atom. The highest BCUT2D eigenvalue weighted by atomic mass is 32.1. The van der Waals surface area contributed by atoms with Crippen LogP contribution in [0.4, 0.5) is 0 Å². The van der Waals surface area contributed by atoms with Gasteiger partial charge in [0.1, 0.15) is 0 Å². The average molecular weight is 211 g/mol. The third kappa shape index (κ3) is 2.16. The quantitative estimate of drug-likeness (QED) is 0.826. The van der Waals surface area contributed by atoms with Gasteiger partial charge in [0.2, 0.25) is 0 Å². The Kier molecular flexibility index (Phi) is 2.91. The molecule has 1 N–H and O–H groups in total. The van der Waals surface area contributed by atoms with Crippen molar-refractivity contribution in [1.82, 2.24) is 5.32 Å². The molecule has 1 aliphatic rings. The molecule has 1 saturated heterocycles. The topological polar surface area (TPSA) is 21.3 Å². The molecule has 1 aliphatic heterocycles. The molecule has 14 heavy (non-hydrogen) atoms. The number of hydrogen-bond donors (Lipinski definition) is 1. The largest absolute Gasteiger partial charge is 0.380 e. The van der Waals surface area contributed by atoms with Gasteiger partial charge in [-0.15, -0.1) is 0 Å². The summed E-state index contributed by atoms with van der Waals surface area (Å²) in [4.78, 5) is 0. The maximum atomic E-state index is 5.22. The molecule has 1 fully saturated rings. The van der Waals surface area contributed by atoms with E-state index in [0.717, 1.165) is 19.8 Å². The molecule has 0 saturated carbocycles. The standard InChI is InChI=1S/C11H17NOS/c1-9(10-3-4-14-5-10)12-6-11(2)7-13-8-11/h3-5,9,12H,6-8H2,1-2H3. The molecule has 1 aromatic rings. The monoisotopic (exact) mass is 211 g/mol. The van der Waals surface area contributed by atoms with E-state index in [4.69, 9.17) is 4.74 Å². The highest BCUT2D eigenvalue weighted by molar-refractivity contribution is 7.07. The fourth-order valence-electron chi connectivity index (χ4n) is 1.59. The first kappa shape index (κ1) is 10.1. The van der Waals surface area contributed by atoms with Gasteiger partial charge < -0.3 is 10.1 Å². The van der Waals surface area contributed by atoms with Gasteiger partial charge in [0.15, 0.2) is 0 Å². The zero-order chi connectivity index (χ0) is 10.0. The van der Waals surface area contributed by atoms with Crippen molar-refractivity contribution in [3.05, 3.63) is 22.4 Å². The Labute approximate surface area is 89.3 Å². The predicted octanol–water partition coefficient (Wildman–Crippen LogP) is 2.44. The predicted molar refractivity (Wildman–Crippen MR) is 59.7 cm³/mol. The lowest BCUT2D eigenvalue weighted by Crippen LogP contribution is -2.47. The summed E-state index contributed by atoms with van der Waals surface area (Å²) in [5.74, 6) is 0. The fourth-order valence-corrected chi connectivity index (χ4v) is 2.35. The molecular weight excluding hydrogens is 194 g/mol. The second kappa shape index (κ2) is 4.01. The molecule has 2 rings (SSSR count). The van der Waals surface area contributed by atoms with Crippen molar-refractivity contribution in [2.24, 2.45) is 5.41 Å². The van der Waals surface area contributed by atoms with E-state index in [-0.39, 0.29) is 0 Å². The summed E-state index contributed by atoms with van der Waals surface area (Å²) < 4.78 is 5.22. The minimum atomic E-state index is 0.365. The van der Waals surface area contributed by atoms with Crippen LogP contribution in [0.5, 0.6) is 0 Å².